The topological polar surface area (TPSA) is 17.1 Å². The van der Waals surface area contributed by atoms with Crippen LogP contribution in [-0.2, 0) is 4.79 Å². The molecule has 0 aromatic rings. The summed E-state index contributed by atoms with van der Waals surface area (Å²) in [6, 6.07) is 0. The summed E-state index contributed by atoms with van der Waals surface area (Å²) in [6.07, 6.45) is 6.37. The largest absolute Gasteiger partial charge is 0.295 e. The maximum atomic E-state index is 11.3. The Morgan fingerprint density at radius 2 is 2.07 bits per heavy atom. The van der Waals surface area contributed by atoms with Gasteiger partial charge in [-0.15, -0.1) is 6.58 Å². The molecule has 1 saturated carbocycles. The molecule has 0 bridgehead atoms. The molecule has 0 aliphatic heterocycles. The van der Waals surface area contributed by atoms with Gasteiger partial charge in [-0.3, -0.25) is 4.79 Å². The molecule has 14 heavy (non-hydrogen) atoms. The Morgan fingerprint density at radius 3 is 2.57 bits per heavy atom. The molecule has 0 aromatic heterocycles. The number of carbonyl (C=O) groups is 1. The molecule has 0 heterocycles. The predicted octanol–water partition coefficient (Wildman–Crippen LogP) is 3.37. The minimum atomic E-state index is 0.166. The molecule has 0 saturated heterocycles. The normalized spacial score (nSPS) is 29.9. The van der Waals surface area contributed by atoms with Gasteiger partial charge in [0, 0.05) is 6.42 Å². The first-order chi connectivity index (χ1) is 6.48. The second-order valence-corrected chi connectivity index (χ2v) is 5.11. The molecule has 1 fully saturated rings. The molecule has 1 heteroatoms. The second-order valence-electron chi connectivity index (χ2n) is 5.11. The third-order valence-electron chi connectivity index (χ3n) is 3.20. The first-order valence-electron chi connectivity index (χ1n) is 5.26. The van der Waals surface area contributed by atoms with Crippen molar-refractivity contribution in [1.82, 2.24) is 0 Å². The zero-order valence-electron chi connectivity index (χ0n) is 9.25. The van der Waals surface area contributed by atoms with E-state index in [1.54, 1.807) is 0 Å². The fourth-order valence-corrected chi connectivity index (χ4v) is 2.59. The third kappa shape index (κ3) is 2.57. The van der Waals surface area contributed by atoms with Crippen LogP contribution in [0.4, 0.5) is 0 Å². The average Bonchev–Trinajstić information content (AvgIpc) is 2.40. The van der Waals surface area contributed by atoms with Gasteiger partial charge in [0.1, 0.15) is 0 Å². The molecule has 2 atom stereocenters. The van der Waals surface area contributed by atoms with Gasteiger partial charge >= 0.3 is 0 Å². The zero-order chi connectivity index (χ0) is 10.8. The van der Waals surface area contributed by atoms with Gasteiger partial charge in [0.15, 0.2) is 5.78 Å². The minimum absolute atomic E-state index is 0.166. The van der Waals surface area contributed by atoms with Crippen LogP contribution in [0.2, 0.25) is 0 Å². The first kappa shape index (κ1) is 11.2. The molecular formula is C13H20O. The van der Waals surface area contributed by atoms with Gasteiger partial charge in [-0.1, -0.05) is 26.5 Å². The molecule has 0 spiro atoms. The molecule has 1 rings (SSSR count). The molecule has 0 aromatic carbocycles. The Kier molecular flexibility index (Phi) is 3.30. The number of ketones is 1. The van der Waals surface area contributed by atoms with Gasteiger partial charge in [0.25, 0.3) is 0 Å². The smallest absolute Gasteiger partial charge is 0.155 e. The highest BCUT2D eigenvalue weighted by molar-refractivity contribution is 5.89. The molecular weight excluding hydrogens is 172 g/mol. The lowest BCUT2D eigenvalue weighted by Crippen LogP contribution is -2.10. The average molecular weight is 192 g/mol. The van der Waals surface area contributed by atoms with Gasteiger partial charge in [-0.2, -0.15) is 0 Å². The maximum Gasteiger partial charge on any atom is 0.155 e. The van der Waals surface area contributed by atoms with E-state index in [-0.39, 0.29) is 5.78 Å². The molecule has 0 radical (unpaired) electrons. The van der Waals surface area contributed by atoms with Gasteiger partial charge in [0.2, 0.25) is 0 Å². The van der Waals surface area contributed by atoms with Crippen LogP contribution in [0.25, 0.3) is 0 Å². The fraction of sp³-hybridized carbons (Fsp3) is 0.615. The molecule has 0 unspecified atom stereocenters. The van der Waals surface area contributed by atoms with Crippen LogP contribution in [0, 0.1) is 17.3 Å². The quantitative estimate of drug-likeness (QED) is 0.493. The summed E-state index contributed by atoms with van der Waals surface area (Å²) in [7, 11) is 0. The van der Waals surface area contributed by atoms with E-state index in [0.717, 1.165) is 12.8 Å². The Morgan fingerprint density at radius 1 is 1.43 bits per heavy atom. The van der Waals surface area contributed by atoms with Gasteiger partial charge in [0.05, 0.1) is 0 Å². The van der Waals surface area contributed by atoms with E-state index < -0.39 is 0 Å². The summed E-state index contributed by atoms with van der Waals surface area (Å²) in [6.45, 7) is 11.9. The summed E-state index contributed by atoms with van der Waals surface area (Å²) in [4.78, 5) is 11.3. The summed E-state index contributed by atoms with van der Waals surface area (Å²) in [5, 5.41) is 0. The van der Waals surface area contributed by atoms with E-state index in [4.69, 9.17) is 0 Å². The lowest BCUT2D eigenvalue weighted by Gasteiger charge is -2.16. The van der Waals surface area contributed by atoms with Gasteiger partial charge in [-0.25, -0.2) is 0 Å². The lowest BCUT2D eigenvalue weighted by molar-refractivity contribution is -0.115. The van der Waals surface area contributed by atoms with Crippen LogP contribution in [0.3, 0.4) is 0 Å². The standard InChI is InChI=1S/C13H20O/c1-5-10-8-13(3,4)9-11(10)7-12(14)6-2/h5-6,10-11H,1-2,7-9H2,3-4H3/t10-,11-/m0/s1. The van der Waals surface area contributed by atoms with Crippen molar-refractivity contribution in [2.75, 3.05) is 0 Å². The number of carbonyl (C=O) groups excluding carboxylic acids is 1. The van der Waals surface area contributed by atoms with Crippen LogP contribution in [0.5, 0.6) is 0 Å². The van der Waals surface area contributed by atoms with E-state index in [1.807, 2.05) is 6.08 Å². The summed E-state index contributed by atoms with van der Waals surface area (Å²) in [5.74, 6) is 1.15. The first-order valence-corrected chi connectivity index (χ1v) is 5.26. The van der Waals surface area contributed by atoms with Crippen molar-refractivity contribution < 1.29 is 4.79 Å². The van der Waals surface area contributed by atoms with Crippen LogP contribution in [-0.4, -0.2) is 5.78 Å². The SMILES string of the molecule is C=CC(=O)C[C@H]1CC(C)(C)C[C@@H]1C=C. The highest BCUT2D eigenvalue weighted by Crippen LogP contribution is 2.46. The van der Waals surface area contributed by atoms with Gasteiger partial charge < -0.3 is 0 Å². The Bertz CT molecular complexity index is 250. The lowest BCUT2D eigenvalue weighted by atomic mass is 9.89. The Hall–Kier alpha value is -0.850. The predicted molar refractivity (Wildman–Crippen MR) is 60.0 cm³/mol. The Labute approximate surface area is 86.9 Å². The number of hydrogen-bond donors (Lipinski definition) is 0. The fourth-order valence-electron chi connectivity index (χ4n) is 2.59. The van der Waals surface area contributed by atoms with Crippen LogP contribution in [0.15, 0.2) is 25.3 Å². The molecule has 1 aliphatic carbocycles. The van der Waals surface area contributed by atoms with Crippen LogP contribution < -0.4 is 0 Å². The van der Waals surface area contributed by atoms with Crippen molar-refractivity contribution in [2.24, 2.45) is 17.3 Å². The summed E-state index contributed by atoms with van der Waals surface area (Å²) < 4.78 is 0. The molecule has 0 amide bonds. The van der Waals surface area contributed by atoms with Crippen molar-refractivity contribution in [1.29, 1.82) is 0 Å². The van der Waals surface area contributed by atoms with Crippen LogP contribution in [0.1, 0.15) is 33.1 Å². The minimum Gasteiger partial charge on any atom is -0.295 e. The molecule has 78 valence electrons. The molecule has 1 aliphatic rings. The van der Waals surface area contributed by atoms with Crippen LogP contribution >= 0.6 is 0 Å². The summed E-state index contributed by atoms with van der Waals surface area (Å²) >= 11 is 0. The van der Waals surface area contributed by atoms with Crippen molar-refractivity contribution in [3.05, 3.63) is 25.3 Å². The number of allylic oxidation sites excluding steroid dienone is 2. The van der Waals surface area contributed by atoms with Crippen molar-refractivity contribution in [2.45, 2.75) is 33.1 Å². The van der Waals surface area contributed by atoms with E-state index in [9.17, 15) is 4.79 Å². The van der Waals surface area contributed by atoms with E-state index in [0.29, 0.717) is 23.7 Å². The highest BCUT2D eigenvalue weighted by atomic mass is 16.1. The molecule has 1 nitrogen and oxygen atoms in total. The summed E-state index contributed by atoms with van der Waals surface area (Å²) in [5.41, 5.74) is 0.366. The zero-order valence-corrected chi connectivity index (χ0v) is 9.25. The van der Waals surface area contributed by atoms with Gasteiger partial charge in [-0.05, 0) is 36.2 Å². The maximum absolute atomic E-state index is 11.3. The van der Waals surface area contributed by atoms with Crippen molar-refractivity contribution in [3.63, 3.8) is 0 Å². The Balaban J connectivity index is 2.64. The number of hydrogen-bond acceptors (Lipinski definition) is 1. The van der Waals surface area contributed by atoms with Crippen molar-refractivity contribution >= 4 is 5.78 Å². The van der Waals surface area contributed by atoms with E-state index in [1.165, 1.54) is 6.08 Å². The van der Waals surface area contributed by atoms with E-state index in [2.05, 4.69) is 27.0 Å². The monoisotopic (exact) mass is 192 g/mol. The van der Waals surface area contributed by atoms with E-state index >= 15 is 0 Å². The highest BCUT2D eigenvalue weighted by Gasteiger charge is 2.37. The van der Waals surface area contributed by atoms with Crippen molar-refractivity contribution in [3.8, 4) is 0 Å². The number of rotatable bonds is 4. The third-order valence-corrected chi connectivity index (χ3v) is 3.20. The second kappa shape index (κ2) is 4.12. The molecule has 0 N–H and O–H groups in total.